The lowest BCUT2D eigenvalue weighted by Crippen LogP contribution is -2.26. The molecule has 2 unspecified atom stereocenters. The molecule has 0 aromatic heterocycles. The zero-order chi connectivity index (χ0) is 12.3. The molecule has 0 fully saturated rings. The van der Waals surface area contributed by atoms with E-state index in [4.69, 9.17) is 0 Å². The van der Waals surface area contributed by atoms with E-state index in [0.29, 0.717) is 12.1 Å². The van der Waals surface area contributed by atoms with Gasteiger partial charge in [0.15, 0.2) is 0 Å². The molecule has 2 rings (SSSR count). The predicted molar refractivity (Wildman–Crippen MR) is 75.2 cm³/mol. The van der Waals surface area contributed by atoms with Gasteiger partial charge in [0, 0.05) is 12.1 Å². The van der Waals surface area contributed by atoms with Crippen LogP contribution in [0.1, 0.15) is 25.5 Å². The van der Waals surface area contributed by atoms with Crippen LogP contribution in [-0.2, 0) is 0 Å². The quantitative estimate of drug-likeness (QED) is 0.774. The van der Waals surface area contributed by atoms with E-state index in [1.807, 2.05) is 6.08 Å². The van der Waals surface area contributed by atoms with Crippen LogP contribution in [0.3, 0.4) is 0 Å². The third-order valence-corrected chi connectivity index (χ3v) is 3.14. The average Bonchev–Trinajstić information content (AvgIpc) is 2.38. The second-order valence-electron chi connectivity index (χ2n) is 4.52. The van der Waals surface area contributed by atoms with E-state index in [1.165, 1.54) is 16.3 Å². The molecule has 1 N–H and O–H groups in total. The minimum atomic E-state index is 0.330. The Bertz CT molecular complexity index is 516. The van der Waals surface area contributed by atoms with Crippen molar-refractivity contribution >= 4 is 10.8 Å². The summed E-state index contributed by atoms with van der Waals surface area (Å²) in [4.78, 5) is 0. The Morgan fingerprint density at radius 3 is 2.47 bits per heavy atom. The molecule has 2 atom stereocenters. The van der Waals surface area contributed by atoms with E-state index in [1.54, 1.807) is 0 Å². The van der Waals surface area contributed by atoms with Gasteiger partial charge >= 0.3 is 0 Å². The van der Waals surface area contributed by atoms with E-state index in [0.717, 1.165) is 0 Å². The lowest BCUT2D eigenvalue weighted by atomic mass is 10.0. The fraction of sp³-hybridized carbons (Fsp3) is 0.250. The van der Waals surface area contributed by atoms with Crippen LogP contribution < -0.4 is 5.32 Å². The van der Waals surface area contributed by atoms with Crippen LogP contribution >= 0.6 is 0 Å². The van der Waals surface area contributed by atoms with Crippen LogP contribution in [0.15, 0.2) is 55.1 Å². The monoisotopic (exact) mass is 225 g/mol. The summed E-state index contributed by atoms with van der Waals surface area (Å²) < 4.78 is 0. The highest BCUT2D eigenvalue weighted by Crippen LogP contribution is 2.20. The van der Waals surface area contributed by atoms with E-state index in [9.17, 15) is 0 Å². The third kappa shape index (κ3) is 2.75. The van der Waals surface area contributed by atoms with Crippen LogP contribution in [0, 0.1) is 0 Å². The number of fused-ring (bicyclic) bond motifs is 1. The SMILES string of the molecule is C=CC(C)NC(C)c1ccc2ccccc2c1. The molecule has 0 aliphatic rings. The molecule has 0 aliphatic heterocycles. The first-order valence-electron chi connectivity index (χ1n) is 6.08. The predicted octanol–water partition coefficient (Wildman–Crippen LogP) is 4.06. The second kappa shape index (κ2) is 5.15. The molecule has 0 radical (unpaired) electrons. The number of benzene rings is 2. The van der Waals surface area contributed by atoms with Crippen LogP contribution in [0.2, 0.25) is 0 Å². The Labute approximate surface area is 103 Å². The second-order valence-corrected chi connectivity index (χ2v) is 4.52. The number of rotatable bonds is 4. The Morgan fingerprint density at radius 2 is 1.76 bits per heavy atom. The smallest absolute Gasteiger partial charge is 0.0297 e. The van der Waals surface area contributed by atoms with Gasteiger partial charge in [0.05, 0.1) is 0 Å². The molecule has 17 heavy (non-hydrogen) atoms. The van der Waals surface area contributed by atoms with Crippen molar-refractivity contribution in [2.75, 3.05) is 0 Å². The Balaban J connectivity index is 2.26. The molecule has 88 valence electrons. The van der Waals surface area contributed by atoms with Crippen LogP contribution in [-0.4, -0.2) is 6.04 Å². The van der Waals surface area contributed by atoms with Gasteiger partial charge in [-0.25, -0.2) is 0 Å². The first-order valence-corrected chi connectivity index (χ1v) is 6.08. The number of nitrogens with one attached hydrogen (secondary N) is 1. The molecule has 0 amide bonds. The largest absolute Gasteiger partial charge is 0.304 e. The maximum Gasteiger partial charge on any atom is 0.0297 e. The van der Waals surface area contributed by atoms with E-state index < -0.39 is 0 Å². The van der Waals surface area contributed by atoms with Gasteiger partial charge in [-0.1, -0.05) is 42.5 Å². The van der Waals surface area contributed by atoms with Crippen molar-refractivity contribution in [3.63, 3.8) is 0 Å². The van der Waals surface area contributed by atoms with Crippen molar-refractivity contribution in [1.29, 1.82) is 0 Å². The first-order chi connectivity index (χ1) is 8.20. The zero-order valence-electron chi connectivity index (χ0n) is 10.5. The van der Waals surface area contributed by atoms with Crippen molar-refractivity contribution in [2.24, 2.45) is 0 Å². The summed E-state index contributed by atoms with van der Waals surface area (Å²) in [7, 11) is 0. The molecule has 0 saturated heterocycles. The lowest BCUT2D eigenvalue weighted by molar-refractivity contribution is 0.537. The molecule has 0 bridgehead atoms. The van der Waals surface area contributed by atoms with E-state index in [2.05, 4.69) is 68.2 Å². The highest BCUT2D eigenvalue weighted by Gasteiger charge is 2.07. The summed E-state index contributed by atoms with van der Waals surface area (Å²) in [5, 5.41) is 6.08. The fourth-order valence-corrected chi connectivity index (χ4v) is 2.04. The third-order valence-electron chi connectivity index (χ3n) is 3.14. The van der Waals surface area contributed by atoms with Gasteiger partial charge in [0.25, 0.3) is 0 Å². The van der Waals surface area contributed by atoms with Gasteiger partial charge in [-0.3, -0.25) is 0 Å². The number of hydrogen-bond acceptors (Lipinski definition) is 1. The summed E-state index contributed by atoms with van der Waals surface area (Å²) in [6, 6.07) is 15.7. The molecule has 1 heteroatoms. The van der Waals surface area contributed by atoms with Gasteiger partial charge in [0.1, 0.15) is 0 Å². The Morgan fingerprint density at radius 1 is 1.06 bits per heavy atom. The van der Waals surface area contributed by atoms with E-state index >= 15 is 0 Å². The van der Waals surface area contributed by atoms with Gasteiger partial charge in [0.2, 0.25) is 0 Å². The standard InChI is InChI=1S/C16H19N/c1-4-12(2)17-13(3)15-10-9-14-7-5-6-8-16(14)11-15/h4-13,17H,1H2,2-3H3. The number of hydrogen-bond donors (Lipinski definition) is 1. The summed E-state index contributed by atoms with van der Waals surface area (Å²) >= 11 is 0. The van der Waals surface area contributed by atoms with E-state index in [-0.39, 0.29) is 0 Å². The van der Waals surface area contributed by atoms with Crippen molar-refractivity contribution in [3.05, 3.63) is 60.7 Å². The minimum Gasteiger partial charge on any atom is -0.304 e. The molecule has 0 heterocycles. The van der Waals surface area contributed by atoms with Gasteiger partial charge in [-0.2, -0.15) is 0 Å². The fourth-order valence-electron chi connectivity index (χ4n) is 2.04. The summed E-state index contributed by atoms with van der Waals surface area (Å²) in [6.45, 7) is 8.10. The molecule has 0 spiro atoms. The highest BCUT2D eigenvalue weighted by atomic mass is 14.9. The normalized spacial score (nSPS) is 14.5. The van der Waals surface area contributed by atoms with Crippen molar-refractivity contribution in [3.8, 4) is 0 Å². The zero-order valence-corrected chi connectivity index (χ0v) is 10.5. The first kappa shape index (κ1) is 11.9. The van der Waals surface area contributed by atoms with Crippen molar-refractivity contribution < 1.29 is 0 Å². The maximum absolute atomic E-state index is 3.79. The minimum absolute atomic E-state index is 0.330. The Kier molecular flexibility index (Phi) is 3.60. The lowest BCUT2D eigenvalue weighted by Gasteiger charge is -2.18. The molecule has 2 aromatic rings. The molecule has 2 aromatic carbocycles. The summed E-state index contributed by atoms with van der Waals surface area (Å²) in [6.07, 6.45) is 1.93. The van der Waals surface area contributed by atoms with Crippen LogP contribution in [0.25, 0.3) is 10.8 Å². The summed E-state index contributed by atoms with van der Waals surface area (Å²) in [5.41, 5.74) is 1.32. The Hall–Kier alpha value is -1.60. The van der Waals surface area contributed by atoms with Gasteiger partial charge in [-0.15, -0.1) is 6.58 Å². The van der Waals surface area contributed by atoms with Crippen molar-refractivity contribution in [2.45, 2.75) is 25.9 Å². The van der Waals surface area contributed by atoms with Gasteiger partial charge < -0.3 is 5.32 Å². The van der Waals surface area contributed by atoms with Crippen LogP contribution in [0.4, 0.5) is 0 Å². The molecular formula is C16H19N. The summed E-state index contributed by atoms with van der Waals surface area (Å²) in [5.74, 6) is 0. The maximum atomic E-state index is 3.79. The molecular weight excluding hydrogens is 206 g/mol. The topological polar surface area (TPSA) is 12.0 Å². The molecule has 0 saturated carbocycles. The molecule has 1 nitrogen and oxygen atoms in total. The highest BCUT2D eigenvalue weighted by molar-refractivity contribution is 5.83. The van der Waals surface area contributed by atoms with Gasteiger partial charge in [-0.05, 0) is 36.2 Å². The van der Waals surface area contributed by atoms with Crippen LogP contribution in [0.5, 0.6) is 0 Å². The average molecular weight is 225 g/mol. The molecule has 0 aliphatic carbocycles. The van der Waals surface area contributed by atoms with Crippen molar-refractivity contribution in [1.82, 2.24) is 5.32 Å².